The summed E-state index contributed by atoms with van der Waals surface area (Å²) in [6, 6.07) is 5.37. The van der Waals surface area contributed by atoms with Crippen molar-refractivity contribution in [1.29, 1.82) is 0 Å². The van der Waals surface area contributed by atoms with Crippen LogP contribution in [0, 0.1) is 0 Å². The lowest BCUT2D eigenvalue weighted by Gasteiger charge is -2.15. The highest BCUT2D eigenvalue weighted by Crippen LogP contribution is 2.34. The number of carbonyl (C=O) groups excluding carboxylic acids is 2. The first-order valence-corrected chi connectivity index (χ1v) is 9.47. The fourth-order valence-electron chi connectivity index (χ4n) is 2.35. The summed E-state index contributed by atoms with van der Waals surface area (Å²) in [4.78, 5) is 28.4. The average molecular weight is 410 g/mol. The summed E-state index contributed by atoms with van der Waals surface area (Å²) < 4.78 is 10.9. The van der Waals surface area contributed by atoms with E-state index in [1.54, 1.807) is 32.4 Å². The summed E-state index contributed by atoms with van der Waals surface area (Å²) in [6.07, 6.45) is 1.73. The molecule has 0 radical (unpaired) electrons. The Bertz CT molecular complexity index is 765. The molecule has 1 fully saturated rings. The van der Waals surface area contributed by atoms with Crippen LogP contribution in [-0.4, -0.2) is 73.9 Å². The number of amides is 2. The molecule has 2 amide bonds. The summed E-state index contributed by atoms with van der Waals surface area (Å²) in [5.74, 6) is 0.668. The van der Waals surface area contributed by atoms with Crippen molar-refractivity contribution in [3.05, 3.63) is 28.7 Å². The number of methoxy groups -OCH3 is 2. The van der Waals surface area contributed by atoms with Crippen LogP contribution in [-0.2, 0) is 9.59 Å². The first kappa shape index (κ1) is 21.2. The monoisotopic (exact) mass is 409 g/mol. The molecule has 1 saturated heterocycles. The molecule has 0 spiro atoms. The predicted molar refractivity (Wildman–Crippen MR) is 111 cm³/mol. The number of benzene rings is 1. The first-order chi connectivity index (χ1) is 12.8. The Morgan fingerprint density at radius 2 is 2.00 bits per heavy atom. The molecule has 7 nitrogen and oxygen atoms in total. The molecule has 1 N–H and O–H groups in total. The van der Waals surface area contributed by atoms with Gasteiger partial charge in [0.05, 0.1) is 19.1 Å². The number of hydrogen-bond donors (Lipinski definition) is 1. The Balaban J connectivity index is 2.06. The molecular weight excluding hydrogens is 386 g/mol. The molecule has 1 aliphatic rings. The minimum atomic E-state index is -0.275. The van der Waals surface area contributed by atoms with Crippen molar-refractivity contribution in [3.63, 3.8) is 0 Å². The van der Waals surface area contributed by atoms with E-state index in [-0.39, 0.29) is 18.4 Å². The Morgan fingerprint density at radius 3 is 2.63 bits per heavy atom. The van der Waals surface area contributed by atoms with Crippen LogP contribution in [0.5, 0.6) is 11.5 Å². The number of nitrogens with zero attached hydrogens (tertiary/aromatic N) is 2. The van der Waals surface area contributed by atoms with Gasteiger partial charge in [-0.05, 0) is 37.9 Å². The highest BCUT2D eigenvalue weighted by atomic mass is 32.2. The van der Waals surface area contributed by atoms with Gasteiger partial charge >= 0.3 is 0 Å². The summed E-state index contributed by atoms with van der Waals surface area (Å²) in [7, 11) is 6.96. The highest BCUT2D eigenvalue weighted by Gasteiger charge is 2.33. The van der Waals surface area contributed by atoms with E-state index in [4.69, 9.17) is 21.7 Å². The second-order valence-corrected chi connectivity index (χ2v) is 7.71. The molecule has 27 heavy (non-hydrogen) atoms. The Labute approximate surface area is 168 Å². The smallest absolute Gasteiger partial charge is 0.266 e. The van der Waals surface area contributed by atoms with Gasteiger partial charge in [0.25, 0.3) is 5.91 Å². The second kappa shape index (κ2) is 9.72. The van der Waals surface area contributed by atoms with Crippen molar-refractivity contribution in [1.82, 2.24) is 15.1 Å². The van der Waals surface area contributed by atoms with E-state index in [0.717, 1.165) is 12.1 Å². The molecule has 1 aliphatic heterocycles. The zero-order valence-corrected chi connectivity index (χ0v) is 17.4. The van der Waals surface area contributed by atoms with Crippen molar-refractivity contribution >= 4 is 46.2 Å². The van der Waals surface area contributed by atoms with Gasteiger partial charge in [-0.2, -0.15) is 0 Å². The molecule has 2 rings (SSSR count). The summed E-state index contributed by atoms with van der Waals surface area (Å²) in [6.45, 7) is 1.16. The van der Waals surface area contributed by atoms with Crippen molar-refractivity contribution in [3.8, 4) is 11.5 Å². The van der Waals surface area contributed by atoms with Gasteiger partial charge < -0.3 is 19.7 Å². The molecule has 0 saturated carbocycles. The number of thiocarbonyl (C=S) groups is 1. The van der Waals surface area contributed by atoms with Crippen LogP contribution in [0.1, 0.15) is 5.56 Å². The van der Waals surface area contributed by atoms with Crippen LogP contribution < -0.4 is 14.8 Å². The summed E-state index contributed by atoms with van der Waals surface area (Å²) in [5, 5.41) is 2.78. The van der Waals surface area contributed by atoms with Crippen LogP contribution >= 0.6 is 24.0 Å². The van der Waals surface area contributed by atoms with E-state index in [2.05, 4.69) is 5.32 Å². The van der Waals surface area contributed by atoms with Crippen molar-refractivity contribution < 1.29 is 19.1 Å². The van der Waals surface area contributed by atoms with Gasteiger partial charge in [0.2, 0.25) is 5.91 Å². The van der Waals surface area contributed by atoms with Gasteiger partial charge in [-0.25, -0.2) is 0 Å². The molecule has 1 aromatic rings. The van der Waals surface area contributed by atoms with E-state index >= 15 is 0 Å². The average Bonchev–Trinajstić information content (AvgIpc) is 2.88. The lowest BCUT2D eigenvalue weighted by molar-refractivity contribution is -0.128. The number of thioether (sulfide) groups is 1. The number of likely N-dealkylation sites (N-methyl/N-ethyl adjacent to an activating group) is 1. The second-order valence-electron chi connectivity index (χ2n) is 6.04. The van der Waals surface area contributed by atoms with Gasteiger partial charge in [0.15, 0.2) is 11.5 Å². The van der Waals surface area contributed by atoms with E-state index < -0.39 is 0 Å². The number of hydrogen-bond acceptors (Lipinski definition) is 7. The van der Waals surface area contributed by atoms with E-state index in [9.17, 15) is 9.59 Å². The molecule has 0 unspecified atom stereocenters. The minimum absolute atomic E-state index is 0.0820. The lowest BCUT2D eigenvalue weighted by atomic mass is 10.2. The normalized spacial score (nSPS) is 15.6. The first-order valence-electron chi connectivity index (χ1n) is 8.24. The third-order valence-electron chi connectivity index (χ3n) is 3.76. The Morgan fingerprint density at radius 1 is 1.30 bits per heavy atom. The van der Waals surface area contributed by atoms with Gasteiger partial charge in [0.1, 0.15) is 10.9 Å². The van der Waals surface area contributed by atoms with Gasteiger partial charge in [-0.1, -0.05) is 30.0 Å². The highest BCUT2D eigenvalue weighted by molar-refractivity contribution is 8.26. The minimum Gasteiger partial charge on any atom is -0.493 e. The molecule has 146 valence electrons. The van der Waals surface area contributed by atoms with Crippen LogP contribution in [0.15, 0.2) is 23.1 Å². The molecule has 9 heteroatoms. The molecule has 0 aliphatic carbocycles. The third-order valence-corrected chi connectivity index (χ3v) is 5.14. The zero-order chi connectivity index (χ0) is 20.0. The van der Waals surface area contributed by atoms with Crippen LogP contribution in [0.2, 0.25) is 0 Å². The topological polar surface area (TPSA) is 71.1 Å². The largest absolute Gasteiger partial charge is 0.493 e. The Kier molecular flexibility index (Phi) is 7.64. The molecule has 0 aromatic heterocycles. The quantitative estimate of drug-likeness (QED) is 0.516. The number of rotatable bonds is 8. The van der Waals surface area contributed by atoms with Crippen LogP contribution in [0.3, 0.4) is 0 Å². The molecule has 1 aromatic carbocycles. The number of carbonyl (C=O) groups is 2. The van der Waals surface area contributed by atoms with Crippen molar-refractivity contribution in [2.75, 3.05) is 47.9 Å². The van der Waals surface area contributed by atoms with Crippen LogP contribution in [0.4, 0.5) is 0 Å². The lowest BCUT2D eigenvalue weighted by Crippen LogP contribution is -2.41. The summed E-state index contributed by atoms with van der Waals surface area (Å²) >= 11 is 6.45. The van der Waals surface area contributed by atoms with Crippen molar-refractivity contribution in [2.24, 2.45) is 0 Å². The standard InChI is InChI=1S/C18H23N3O4S2/c1-20(2)8-7-19-16(22)11-21-17(23)15(27-18(21)26)10-12-5-6-13(24-3)14(9-12)25-4/h5-6,9-10H,7-8,11H2,1-4H3,(H,19,22)/b15-10+. The SMILES string of the molecule is COc1ccc(/C=C2/SC(=S)N(CC(=O)NCCN(C)C)C2=O)cc1OC. The maximum absolute atomic E-state index is 12.6. The number of ether oxygens (including phenoxy) is 2. The number of nitrogens with one attached hydrogen (secondary N) is 1. The molecular formula is C18H23N3O4S2. The van der Waals surface area contributed by atoms with E-state index in [1.165, 1.54) is 16.7 Å². The maximum Gasteiger partial charge on any atom is 0.266 e. The third kappa shape index (κ3) is 5.69. The maximum atomic E-state index is 12.6. The van der Waals surface area contributed by atoms with Gasteiger partial charge in [-0.15, -0.1) is 0 Å². The fraction of sp³-hybridized carbons (Fsp3) is 0.389. The summed E-state index contributed by atoms with van der Waals surface area (Å²) in [5.41, 5.74) is 0.781. The van der Waals surface area contributed by atoms with E-state index in [0.29, 0.717) is 27.3 Å². The van der Waals surface area contributed by atoms with Gasteiger partial charge in [-0.3, -0.25) is 14.5 Å². The van der Waals surface area contributed by atoms with Crippen molar-refractivity contribution in [2.45, 2.75) is 0 Å². The molecule has 0 bridgehead atoms. The predicted octanol–water partition coefficient (Wildman–Crippen LogP) is 1.58. The Hall–Kier alpha value is -2.10. The fourth-order valence-corrected chi connectivity index (χ4v) is 3.60. The molecule has 0 atom stereocenters. The zero-order valence-electron chi connectivity index (χ0n) is 15.8. The van der Waals surface area contributed by atoms with Crippen LogP contribution in [0.25, 0.3) is 6.08 Å². The van der Waals surface area contributed by atoms with E-state index in [1.807, 2.05) is 25.1 Å². The van der Waals surface area contributed by atoms with Gasteiger partial charge in [0, 0.05) is 13.1 Å². The molecule has 1 heterocycles.